The lowest BCUT2D eigenvalue weighted by Gasteiger charge is -2.38. The van der Waals surface area contributed by atoms with E-state index in [9.17, 15) is 39.9 Å². The summed E-state index contributed by atoms with van der Waals surface area (Å²) in [7, 11) is 1.43. The zero-order valence-electron chi connectivity index (χ0n) is 34.2. The predicted molar refractivity (Wildman–Crippen MR) is 212 cm³/mol. The molecule has 15 nitrogen and oxygen atoms in total. The van der Waals surface area contributed by atoms with Gasteiger partial charge in [-0.3, -0.25) is 14.4 Å². The first-order chi connectivity index (χ1) is 26.8. The molecule has 0 radical (unpaired) electrons. The Morgan fingerprint density at radius 3 is 2.30 bits per heavy atom. The number of esters is 1. The number of carbonyl (C=O) groups excluding carboxylic acids is 3. The van der Waals surface area contributed by atoms with Crippen LogP contribution in [0.2, 0.25) is 0 Å². The topological polar surface area (TPSA) is 223 Å². The highest BCUT2D eigenvalue weighted by Crippen LogP contribution is 2.55. The molecule has 3 heterocycles. The zero-order valence-corrected chi connectivity index (χ0v) is 34.2. The second kappa shape index (κ2) is 18.4. The summed E-state index contributed by atoms with van der Waals surface area (Å²) >= 11 is 0. The monoisotopic (exact) mass is 796 g/mol. The molecule has 0 aliphatic carbocycles. The van der Waals surface area contributed by atoms with E-state index in [-0.39, 0.29) is 51.1 Å². The number of methoxy groups -OCH3 is 1. The van der Waals surface area contributed by atoms with Gasteiger partial charge in [-0.2, -0.15) is 0 Å². The molecule has 6 N–H and O–H groups in total. The van der Waals surface area contributed by atoms with E-state index in [0.29, 0.717) is 6.42 Å². The van der Waals surface area contributed by atoms with Crippen LogP contribution in [-0.4, -0.2) is 93.3 Å². The standard InChI is InChI=1S/C42H56N2O13/c1-11-12-17-55-43-19-27-32-37(50)30-29(36(27)49)31-39(25(7)35(30)48)57-42(9,40(31)51)54-18-16-28(53-10)22(4)38(56-26(8)45)24(6)34(47)23(5)33(46)20(2)14-13-15-21(3)41(52)44-32/h13-16,18-20,22-24,28,33-34,38,46-50H,11-12,17H2,1-10H3,(H,44,52)/b14-13+,18-16+,21-15-,43-19+/t20-,22+,23+,24+,28-,33-,34+,38+,42-/m0/s1. The number of phenols is 3. The van der Waals surface area contributed by atoms with E-state index in [2.05, 4.69) is 10.5 Å². The maximum atomic E-state index is 14.3. The number of rotatable bonds is 7. The Bertz CT molecular complexity index is 1970. The number of benzene rings is 2. The number of ketones is 1. The summed E-state index contributed by atoms with van der Waals surface area (Å²) in [5, 5.41) is 63.8. The Labute approximate surface area is 332 Å². The van der Waals surface area contributed by atoms with Gasteiger partial charge in [-0.25, -0.2) is 0 Å². The van der Waals surface area contributed by atoms with Gasteiger partial charge in [-0.1, -0.05) is 64.4 Å². The molecule has 2 aromatic rings. The number of aromatic hydroxyl groups is 3. The Balaban J connectivity index is 1.96. The normalized spacial score (nSPS) is 30.7. The van der Waals surface area contributed by atoms with E-state index in [1.54, 1.807) is 39.8 Å². The van der Waals surface area contributed by atoms with Crippen LogP contribution in [0.5, 0.6) is 23.0 Å². The van der Waals surface area contributed by atoms with Crippen LogP contribution in [0.1, 0.15) is 89.7 Å². The Kier molecular flexibility index (Phi) is 14.4. The summed E-state index contributed by atoms with van der Waals surface area (Å²) < 4.78 is 23.5. The molecule has 3 aliphatic rings. The number of nitrogens with zero attached hydrogens (tertiary/aromatic N) is 1. The first kappa shape index (κ1) is 44.6. The van der Waals surface area contributed by atoms with Gasteiger partial charge in [0.1, 0.15) is 30.0 Å². The van der Waals surface area contributed by atoms with Gasteiger partial charge >= 0.3 is 11.8 Å². The average molecular weight is 797 g/mol. The molecule has 9 atom stereocenters. The first-order valence-electron chi connectivity index (χ1n) is 19.1. The van der Waals surface area contributed by atoms with Crippen molar-refractivity contribution in [1.82, 2.24) is 0 Å². The fourth-order valence-corrected chi connectivity index (χ4v) is 7.22. The smallest absolute Gasteiger partial charge is 0.312 e. The number of anilines is 1. The van der Waals surface area contributed by atoms with Crippen LogP contribution in [-0.2, 0) is 28.6 Å². The number of unbranched alkanes of at least 4 members (excludes halogenated alkanes) is 1. The lowest BCUT2D eigenvalue weighted by Crippen LogP contribution is -2.46. The number of hydrogen-bond donors (Lipinski definition) is 6. The van der Waals surface area contributed by atoms with Crippen molar-refractivity contribution >= 4 is 40.3 Å². The van der Waals surface area contributed by atoms with Gasteiger partial charge in [0.25, 0.3) is 11.7 Å². The number of fused-ring (bicyclic) bond motifs is 14. The van der Waals surface area contributed by atoms with Gasteiger partial charge in [0.15, 0.2) is 5.75 Å². The van der Waals surface area contributed by atoms with Gasteiger partial charge in [0, 0.05) is 61.2 Å². The SMILES string of the molecule is CCCCO/N=C/c1c2c(O)c3c(O)c(C)c4c(c3c1O)C(=O)[C@@](C)(O/C=C/[C@H](OC)[C@@H](C)[C@@H](OC(C)=O)[C@H](C)[C@H](O)[C@H](C)[C@@H](O)[C@@H](C)/C=C/C=C(/C)C(=O)N2)O4. The summed E-state index contributed by atoms with van der Waals surface area (Å²) in [5.74, 6) is -8.58. The third-order valence-corrected chi connectivity index (χ3v) is 10.9. The number of aliphatic hydroxyl groups excluding tert-OH is 2. The summed E-state index contributed by atoms with van der Waals surface area (Å²) in [6, 6.07) is 0. The lowest BCUT2D eigenvalue weighted by atomic mass is 9.78. The molecule has 15 heteroatoms. The Morgan fingerprint density at radius 2 is 1.67 bits per heavy atom. The van der Waals surface area contributed by atoms with Crippen molar-refractivity contribution in [2.75, 3.05) is 19.0 Å². The number of oxime groups is 1. The quantitative estimate of drug-likeness (QED) is 0.0480. The predicted octanol–water partition coefficient (Wildman–Crippen LogP) is 5.90. The molecule has 3 aliphatic heterocycles. The van der Waals surface area contributed by atoms with Crippen molar-refractivity contribution in [2.45, 2.75) is 105 Å². The second-order valence-electron chi connectivity index (χ2n) is 15.0. The van der Waals surface area contributed by atoms with E-state index in [0.717, 1.165) is 12.6 Å². The third kappa shape index (κ3) is 9.05. The number of amides is 1. The minimum absolute atomic E-state index is 0.0378. The number of Topliss-reactive ketones (excluding diaryl/α,β-unsaturated/α-hetero) is 1. The van der Waals surface area contributed by atoms with Crippen molar-refractivity contribution in [3.05, 3.63) is 52.8 Å². The van der Waals surface area contributed by atoms with Crippen molar-refractivity contribution in [2.24, 2.45) is 28.8 Å². The number of allylic oxidation sites excluding steroid dienone is 2. The van der Waals surface area contributed by atoms with Crippen LogP contribution in [0.4, 0.5) is 5.69 Å². The summed E-state index contributed by atoms with van der Waals surface area (Å²) in [4.78, 5) is 45.5. The molecule has 2 aromatic carbocycles. The molecule has 0 saturated carbocycles. The van der Waals surface area contributed by atoms with Crippen molar-refractivity contribution in [1.29, 1.82) is 0 Å². The fraction of sp³-hybridized carbons (Fsp3) is 0.524. The van der Waals surface area contributed by atoms with E-state index >= 15 is 0 Å². The molecule has 5 rings (SSSR count). The minimum atomic E-state index is -2.05. The molecular weight excluding hydrogens is 740 g/mol. The third-order valence-electron chi connectivity index (χ3n) is 10.9. The molecule has 0 saturated heterocycles. The number of aliphatic hydroxyl groups is 2. The average Bonchev–Trinajstić information content (AvgIpc) is 3.43. The van der Waals surface area contributed by atoms with E-state index in [1.807, 2.05) is 6.92 Å². The molecular formula is C42H56N2O13. The van der Waals surface area contributed by atoms with Crippen LogP contribution in [0, 0.1) is 30.6 Å². The minimum Gasteiger partial charge on any atom is -0.507 e. The maximum absolute atomic E-state index is 14.3. The van der Waals surface area contributed by atoms with Crippen LogP contribution < -0.4 is 10.1 Å². The van der Waals surface area contributed by atoms with Crippen molar-refractivity contribution < 1.29 is 63.7 Å². The van der Waals surface area contributed by atoms with Gasteiger partial charge in [0.2, 0.25) is 0 Å². The van der Waals surface area contributed by atoms with Crippen LogP contribution in [0.25, 0.3) is 10.8 Å². The van der Waals surface area contributed by atoms with Crippen molar-refractivity contribution in [3.8, 4) is 23.0 Å². The molecule has 312 valence electrons. The fourth-order valence-electron chi connectivity index (χ4n) is 7.22. The number of phenolic OH excluding ortho intramolecular Hbond substituents is 3. The van der Waals surface area contributed by atoms with Gasteiger partial charge in [-0.05, 0) is 26.3 Å². The molecule has 1 amide bonds. The number of hydrogen-bond acceptors (Lipinski definition) is 14. The number of carbonyl (C=O) groups is 3. The lowest BCUT2D eigenvalue weighted by molar-refractivity contribution is -0.160. The number of ether oxygens (including phenoxy) is 4. The van der Waals surface area contributed by atoms with E-state index in [1.165, 1.54) is 53.2 Å². The van der Waals surface area contributed by atoms with Gasteiger partial charge in [-0.15, -0.1) is 0 Å². The van der Waals surface area contributed by atoms with Crippen LogP contribution in [0.3, 0.4) is 0 Å². The molecule has 0 aromatic heterocycles. The molecule has 0 fully saturated rings. The number of nitrogens with one attached hydrogen (secondary N) is 1. The van der Waals surface area contributed by atoms with E-state index in [4.69, 9.17) is 23.8 Å². The summed E-state index contributed by atoms with van der Waals surface area (Å²) in [5.41, 5.74) is -0.577. The largest absolute Gasteiger partial charge is 0.507 e. The highest BCUT2D eigenvalue weighted by molar-refractivity contribution is 6.23. The first-order valence-corrected chi connectivity index (χ1v) is 19.1. The highest BCUT2D eigenvalue weighted by atomic mass is 16.7. The summed E-state index contributed by atoms with van der Waals surface area (Å²) in [6.45, 7) is 14.6. The second-order valence-corrected chi connectivity index (χ2v) is 15.0. The maximum Gasteiger partial charge on any atom is 0.312 e. The zero-order chi connectivity index (χ0) is 42.5. The van der Waals surface area contributed by atoms with Gasteiger partial charge in [0.05, 0.1) is 53.0 Å². The van der Waals surface area contributed by atoms with E-state index < -0.39 is 88.8 Å². The Morgan fingerprint density at radius 1 is 0.982 bits per heavy atom. The van der Waals surface area contributed by atoms with Crippen LogP contribution >= 0.6 is 0 Å². The van der Waals surface area contributed by atoms with Gasteiger partial charge < -0.3 is 54.6 Å². The highest BCUT2D eigenvalue weighted by Gasteiger charge is 2.50. The molecule has 0 unspecified atom stereocenters. The Hall–Kier alpha value is -5.12. The summed E-state index contributed by atoms with van der Waals surface area (Å²) in [6.07, 6.45) is 6.05. The van der Waals surface area contributed by atoms with Crippen LogP contribution in [0.15, 0.2) is 41.3 Å². The molecule has 5 bridgehead atoms. The molecule has 0 spiro atoms. The van der Waals surface area contributed by atoms with Crippen molar-refractivity contribution in [3.63, 3.8) is 0 Å². The molecule has 57 heavy (non-hydrogen) atoms.